The van der Waals surface area contributed by atoms with Crippen molar-refractivity contribution < 1.29 is 38.4 Å². The first-order chi connectivity index (χ1) is 19.0. The summed E-state index contributed by atoms with van der Waals surface area (Å²) in [7, 11) is 0. The summed E-state index contributed by atoms with van der Waals surface area (Å²) in [6.45, 7) is 8.30. The molecule has 4 rings (SSSR count). The number of aromatic nitrogens is 1. The van der Waals surface area contributed by atoms with Crippen molar-refractivity contribution in [3.63, 3.8) is 0 Å². The van der Waals surface area contributed by atoms with E-state index in [1.807, 2.05) is 6.92 Å². The smallest absolute Gasteiger partial charge is 0.408 e. The number of nitrogens with one attached hydrogen (secondary N) is 1. The summed E-state index contributed by atoms with van der Waals surface area (Å²) < 4.78 is 22.7. The summed E-state index contributed by atoms with van der Waals surface area (Å²) in [5, 5.41) is 13.8. The number of alkyl carbamates (subject to hydrolysis) is 1. The van der Waals surface area contributed by atoms with Gasteiger partial charge >= 0.3 is 12.1 Å². The van der Waals surface area contributed by atoms with Crippen molar-refractivity contribution in [2.45, 2.75) is 70.7 Å². The van der Waals surface area contributed by atoms with Gasteiger partial charge in [0.2, 0.25) is 11.8 Å². The molecule has 1 aromatic heterocycles. The molecule has 3 heterocycles. The largest absolute Gasteiger partial charge is 0.488 e. The molecule has 2 aliphatic heterocycles. The van der Waals surface area contributed by atoms with Crippen LogP contribution >= 0.6 is 11.6 Å². The highest BCUT2D eigenvalue weighted by Gasteiger charge is 2.45. The predicted molar refractivity (Wildman–Crippen MR) is 147 cm³/mol. The molecule has 2 amide bonds. The number of carbonyl (C=O) groups excluding carboxylic acids is 2. The zero-order chi connectivity index (χ0) is 29.0. The fourth-order valence-electron chi connectivity index (χ4n) is 5.06. The van der Waals surface area contributed by atoms with Crippen LogP contribution in [-0.4, -0.2) is 83.1 Å². The number of benzene rings is 1. The number of aliphatic carboxylic acids is 1. The lowest BCUT2D eigenvalue weighted by atomic mass is 9.90. The number of fused-ring (bicyclic) bond motifs is 1. The standard InChI is InChI=1S/C28H36ClN3O8/c1-5-38-22-14-21(18-7-6-8-19(29)24(18)30-22)39-17-13-20(26(34)35)32(15-17)25(33)23(16-9-11-37-12-10-16)31-27(36)40-28(2,3)4/h6-8,14,16-17,20,23H,5,9-13,15H2,1-4H3,(H,31,36)(H,34,35)/t17-,20+,23+/m1/s1. The molecule has 12 heteroatoms. The molecule has 3 atom stereocenters. The van der Waals surface area contributed by atoms with Crippen molar-refractivity contribution in [2.24, 2.45) is 5.92 Å². The second-order valence-electron chi connectivity index (χ2n) is 10.9. The second kappa shape index (κ2) is 12.5. The summed E-state index contributed by atoms with van der Waals surface area (Å²) in [6, 6.07) is 4.81. The number of pyridine rings is 1. The Bertz CT molecular complexity index is 1240. The van der Waals surface area contributed by atoms with E-state index in [0.717, 1.165) is 0 Å². The fourth-order valence-corrected chi connectivity index (χ4v) is 5.28. The molecule has 2 aromatic rings. The number of halogens is 1. The molecule has 2 fully saturated rings. The minimum absolute atomic E-state index is 0.0138. The van der Waals surface area contributed by atoms with Crippen molar-refractivity contribution in [2.75, 3.05) is 26.4 Å². The lowest BCUT2D eigenvalue weighted by Crippen LogP contribution is -2.56. The van der Waals surface area contributed by atoms with Gasteiger partial charge in [-0.2, -0.15) is 0 Å². The highest BCUT2D eigenvalue weighted by atomic mass is 35.5. The SMILES string of the molecule is CCOc1cc(O[C@@H]2C[C@@H](C(=O)O)N(C(=O)[C@@H](NC(=O)OC(C)(C)C)C3CCOCC3)C2)c2cccc(Cl)c2n1. The number of hydrogen-bond donors (Lipinski definition) is 2. The number of hydrogen-bond acceptors (Lipinski definition) is 8. The van der Waals surface area contributed by atoms with Crippen molar-refractivity contribution in [3.8, 4) is 11.6 Å². The number of carboxylic acid groups (broad SMARTS) is 1. The summed E-state index contributed by atoms with van der Waals surface area (Å²) in [4.78, 5) is 44.6. The van der Waals surface area contributed by atoms with E-state index in [-0.39, 0.29) is 18.9 Å². The maximum Gasteiger partial charge on any atom is 0.408 e. The zero-order valence-electron chi connectivity index (χ0n) is 23.1. The maximum absolute atomic E-state index is 13.9. The van der Waals surface area contributed by atoms with Gasteiger partial charge in [0, 0.05) is 31.1 Å². The Morgan fingerprint density at radius 1 is 1.25 bits per heavy atom. The van der Waals surface area contributed by atoms with Gasteiger partial charge in [0.25, 0.3) is 0 Å². The van der Waals surface area contributed by atoms with Crippen LogP contribution in [0.5, 0.6) is 11.6 Å². The molecule has 2 N–H and O–H groups in total. The van der Waals surface area contributed by atoms with Crippen LogP contribution in [0.3, 0.4) is 0 Å². The Morgan fingerprint density at radius 3 is 2.62 bits per heavy atom. The number of ether oxygens (including phenoxy) is 4. The molecule has 0 aliphatic carbocycles. The molecule has 0 bridgehead atoms. The molecule has 0 radical (unpaired) electrons. The number of rotatable bonds is 8. The summed E-state index contributed by atoms with van der Waals surface area (Å²) >= 11 is 6.38. The average molecular weight is 578 g/mol. The van der Waals surface area contributed by atoms with Gasteiger partial charge in [-0.15, -0.1) is 0 Å². The average Bonchev–Trinajstić information content (AvgIpc) is 3.31. The first-order valence-corrected chi connectivity index (χ1v) is 13.8. The van der Waals surface area contributed by atoms with Gasteiger partial charge < -0.3 is 34.3 Å². The van der Waals surface area contributed by atoms with E-state index < -0.39 is 41.8 Å². The molecule has 2 aliphatic rings. The van der Waals surface area contributed by atoms with Gasteiger partial charge in [-0.3, -0.25) is 4.79 Å². The first-order valence-electron chi connectivity index (χ1n) is 13.5. The molecule has 0 unspecified atom stereocenters. The predicted octanol–water partition coefficient (Wildman–Crippen LogP) is 4.04. The van der Waals surface area contributed by atoms with Gasteiger partial charge in [-0.05, 0) is 58.6 Å². The Hall–Kier alpha value is -3.31. The number of amides is 2. The second-order valence-corrected chi connectivity index (χ2v) is 11.3. The number of likely N-dealkylation sites (tertiary alicyclic amines) is 1. The van der Waals surface area contributed by atoms with Crippen LogP contribution in [-0.2, 0) is 19.1 Å². The van der Waals surface area contributed by atoms with Crippen molar-refractivity contribution in [1.82, 2.24) is 15.2 Å². The third-order valence-electron chi connectivity index (χ3n) is 6.82. The molecule has 11 nitrogen and oxygen atoms in total. The third-order valence-corrected chi connectivity index (χ3v) is 7.13. The number of carboxylic acids is 1. The van der Waals surface area contributed by atoms with Crippen LogP contribution in [0.15, 0.2) is 24.3 Å². The van der Waals surface area contributed by atoms with Crippen LogP contribution in [0, 0.1) is 5.92 Å². The monoisotopic (exact) mass is 577 g/mol. The molecule has 1 aromatic carbocycles. The van der Waals surface area contributed by atoms with Crippen LogP contribution < -0.4 is 14.8 Å². The maximum atomic E-state index is 13.9. The highest BCUT2D eigenvalue weighted by molar-refractivity contribution is 6.35. The Balaban J connectivity index is 1.59. The van der Waals surface area contributed by atoms with E-state index in [0.29, 0.717) is 60.2 Å². The molecule has 0 saturated carbocycles. The van der Waals surface area contributed by atoms with E-state index in [9.17, 15) is 19.5 Å². The van der Waals surface area contributed by atoms with Crippen molar-refractivity contribution in [1.29, 1.82) is 0 Å². The van der Waals surface area contributed by atoms with E-state index in [1.54, 1.807) is 45.0 Å². The Labute approximate surface area is 238 Å². The van der Waals surface area contributed by atoms with E-state index in [4.69, 9.17) is 30.5 Å². The number of para-hydroxylation sites is 1. The van der Waals surface area contributed by atoms with Crippen molar-refractivity contribution in [3.05, 3.63) is 29.3 Å². The molecule has 218 valence electrons. The lowest BCUT2D eigenvalue weighted by molar-refractivity contribution is -0.150. The lowest BCUT2D eigenvalue weighted by Gasteiger charge is -2.34. The van der Waals surface area contributed by atoms with Gasteiger partial charge in [-0.1, -0.05) is 17.7 Å². The van der Waals surface area contributed by atoms with E-state index >= 15 is 0 Å². The van der Waals surface area contributed by atoms with Crippen LogP contribution in [0.25, 0.3) is 10.9 Å². The Morgan fingerprint density at radius 2 is 1.98 bits per heavy atom. The summed E-state index contributed by atoms with van der Waals surface area (Å²) in [6.07, 6.45) is -0.230. The highest BCUT2D eigenvalue weighted by Crippen LogP contribution is 2.35. The van der Waals surface area contributed by atoms with Gasteiger partial charge in [0.1, 0.15) is 29.5 Å². The summed E-state index contributed by atoms with van der Waals surface area (Å²) in [5.41, 5.74) is -0.271. The number of nitrogens with zero attached hydrogens (tertiary/aromatic N) is 2. The first kappa shape index (κ1) is 29.7. The zero-order valence-corrected chi connectivity index (χ0v) is 23.9. The van der Waals surface area contributed by atoms with Crippen molar-refractivity contribution >= 4 is 40.5 Å². The minimum Gasteiger partial charge on any atom is -0.488 e. The molecule has 0 spiro atoms. The normalized spacial score (nSPS) is 20.7. The fraction of sp³-hybridized carbons (Fsp3) is 0.571. The van der Waals surface area contributed by atoms with E-state index in [1.165, 1.54) is 4.90 Å². The quantitative estimate of drug-likeness (QED) is 0.476. The van der Waals surface area contributed by atoms with Gasteiger partial charge in [0.05, 0.1) is 23.7 Å². The topological polar surface area (TPSA) is 137 Å². The third kappa shape index (κ3) is 7.06. The molecule has 2 saturated heterocycles. The summed E-state index contributed by atoms with van der Waals surface area (Å²) in [5.74, 6) is -1.13. The molecular weight excluding hydrogens is 542 g/mol. The van der Waals surface area contributed by atoms with Crippen LogP contribution in [0.1, 0.15) is 47.0 Å². The van der Waals surface area contributed by atoms with Crippen LogP contribution in [0.4, 0.5) is 4.79 Å². The molecule has 40 heavy (non-hydrogen) atoms. The Kier molecular flexibility index (Phi) is 9.25. The van der Waals surface area contributed by atoms with Gasteiger partial charge in [-0.25, -0.2) is 14.6 Å². The minimum atomic E-state index is -1.15. The van der Waals surface area contributed by atoms with Gasteiger partial charge in [0.15, 0.2) is 0 Å². The van der Waals surface area contributed by atoms with Crippen LogP contribution in [0.2, 0.25) is 5.02 Å². The number of carbonyl (C=O) groups is 3. The molecular formula is C28H36ClN3O8. The van der Waals surface area contributed by atoms with E-state index in [2.05, 4.69) is 10.3 Å².